The Kier molecular flexibility index (Phi) is 3.66. The van der Waals surface area contributed by atoms with E-state index in [9.17, 15) is 4.79 Å². The highest BCUT2D eigenvalue weighted by atomic mass is 16.2. The number of anilines is 1. The van der Waals surface area contributed by atoms with E-state index < -0.39 is 0 Å². The summed E-state index contributed by atoms with van der Waals surface area (Å²) in [5.74, 6) is 2.54. The van der Waals surface area contributed by atoms with Crippen molar-refractivity contribution in [2.45, 2.75) is 31.7 Å². The van der Waals surface area contributed by atoms with E-state index in [0.717, 1.165) is 24.1 Å². The van der Waals surface area contributed by atoms with Gasteiger partial charge in [0.25, 0.3) is 0 Å². The Bertz CT molecular complexity index is 425. The smallest absolute Gasteiger partial charge is 0.319 e. The number of hydrogen-bond donors (Lipinski definition) is 2. The second-order valence-electron chi connectivity index (χ2n) is 4.30. The fraction of sp³-hybridized carbons (Fsp3) is 0.357. The van der Waals surface area contributed by atoms with Gasteiger partial charge in [-0.15, -0.1) is 6.42 Å². The summed E-state index contributed by atoms with van der Waals surface area (Å²) in [7, 11) is 0. The quantitative estimate of drug-likeness (QED) is 0.751. The molecule has 0 aromatic heterocycles. The van der Waals surface area contributed by atoms with Gasteiger partial charge in [0.1, 0.15) is 0 Å². The van der Waals surface area contributed by atoms with Crippen LogP contribution in [0.4, 0.5) is 10.5 Å². The third-order valence-electron chi connectivity index (χ3n) is 3.00. The molecule has 0 unspecified atom stereocenters. The van der Waals surface area contributed by atoms with Crippen LogP contribution in [0.25, 0.3) is 0 Å². The number of hydrogen-bond acceptors (Lipinski definition) is 1. The van der Waals surface area contributed by atoms with Crippen LogP contribution in [0, 0.1) is 12.3 Å². The van der Waals surface area contributed by atoms with Crippen molar-refractivity contribution in [3.63, 3.8) is 0 Å². The minimum Gasteiger partial charge on any atom is -0.335 e. The van der Waals surface area contributed by atoms with Crippen LogP contribution in [0.3, 0.4) is 0 Å². The summed E-state index contributed by atoms with van der Waals surface area (Å²) < 4.78 is 0. The maximum Gasteiger partial charge on any atom is 0.319 e. The van der Waals surface area contributed by atoms with Crippen molar-refractivity contribution < 1.29 is 4.79 Å². The molecule has 0 heterocycles. The van der Waals surface area contributed by atoms with Crippen LogP contribution in [-0.4, -0.2) is 12.1 Å². The topological polar surface area (TPSA) is 41.1 Å². The summed E-state index contributed by atoms with van der Waals surface area (Å²) in [6, 6.07) is 7.44. The molecule has 1 saturated carbocycles. The summed E-state index contributed by atoms with van der Waals surface area (Å²) in [5, 5.41) is 5.77. The average Bonchev–Trinajstić information content (AvgIpc) is 2.82. The van der Waals surface area contributed by atoms with Gasteiger partial charge >= 0.3 is 6.03 Å². The predicted octanol–water partition coefficient (Wildman–Crippen LogP) is 2.73. The van der Waals surface area contributed by atoms with E-state index in [1.54, 1.807) is 0 Å². The maximum atomic E-state index is 11.7. The van der Waals surface area contributed by atoms with E-state index in [0.29, 0.717) is 6.04 Å². The fourth-order valence-electron chi connectivity index (χ4n) is 2.07. The van der Waals surface area contributed by atoms with Crippen molar-refractivity contribution in [3.05, 3.63) is 29.8 Å². The van der Waals surface area contributed by atoms with Crippen LogP contribution in [-0.2, 0) is 0 Å². The van der Waals surface area contributed by atoms with Crippen molar-refractivity contribution in [3.8, 4) is 12.3 Å². The predicted molar refractivity (Wildman–Crippen MR) is 68.8 cm³/mol. The molecule has 0 bridgehead atoms. The SMILES string of the molecule is C#Cc1ccc(NC(=O)NC2CCCC2)cc1. The first-order valence-electron chi connectivity index (χ1n) is 5.92. The molecule has 0 spiro atoms. The molecule has 1 aromatic rings. The Morgan fingerprint density at radius 1 is 1.24 bits per heavy atom. The second kappa shape index (κ2) is 5.40. The molecule has 0 saturated heterocycles. The third kappa shape index (κ3) is 3.25. The van der Waals surface area contributed by atoms with E-state index in [1.807, 2.05) is 24.3 Å². The number of nitrogens with one attached hydrogen (secondary N) is 2. The van der Waals surface area contributed by atoms with Gasteiger partial charge in [-0.3, -0.25) is 0 Å². The summed E-state index contributed by atoms with van der Waals surface area (Å²) in [5.41, 5.74) is 1.58. The molecule has 2 amide bonds. The minimum absolute atomic E-state index is 0.134. The highest BCUT2D eigenvalue weighted by Gasteiger charge is 2.16. The summed E-state index contributed by atoms with van der Waals surface area (Å²) in [4.78, 5) is 11.7. The Balaban J connectivity index is 1.86. The van der Waals surface area contributed by atoms with E-state index in [-0.39, 0.29) is 6.03 Å². The molecule has 17 heavy (non-hydrogen) atoms. The summed E-state index contributed by atoms with van der Waals surface area (Å²) >= 11 is 0. The van der Waals surface area contributed by atoms with Crippen LogP contribution in [0.1, 0.15) is 31.2 Å². The number of terminal acetylenes is 1. The molecule has 1 fully saturated rings. The number of urea groups is 1. The van der Waals surface area contributed by atoms with Gasteiger partial charge in [0, 0.05) is 17.3 Å². The zero-order valence-corrected chi connectivity index (χ0v) is 9.70. The highest BCUT2D eigenvalue weighted by Crippen LogP contribution is 2.17. The van der Waals surface area contributed by atoms with Crippen molar-refractivity contribution in [2.75, 3.05) is 5.32 Å². The van der Waals surface area contributed by atoms with Crippen LogP contribution < -0.4 is 10.6 Å². The first kappa shape index (κ1) is 11.5. The van der Waals surface area contributed by atoms with Crippen molar-refractivity contribution >= 4 is 11.7 Å². The standard InChI is InChI=1S/C14H16N2O/c1-2-11-7-9-13(10-8-11)16-14(17)15-12-5-3-4-6-12/h1,7-10,12H,3-6H2,(H2,15,16,17). The first-order valence-corrected chi connectivity index (χ1v) is 5.92. The molecule has 0 radical (unpaired) electrons. The summed E-state index contributed by atoms with van der Waals surface area (Å²) in [6.45, 7) is 0. The lowest BCUT2D eigenvalue weighted by Crippen LogP contribution is -2.36. The normalized spacial score (nSPS) is 15.2. The number of amides is 2. The van der Waals surface area contributed by atoms with E-state index in [2.05, 4.69) is 16.6 Å². The van der Waals surface area contributed by atoms with Gasteiger partial charge in [-0.1, -0.05) is 18.8 Å². The van der Waals surface area contributed by atoms with Gasteiger partial charge in [-0.25, -0.2) is 4.79 Å². The van der Waals surface area contributed by atoms with E-state index in [4.69, 9.17) is 6.42 Å². The van der Waals surface area contributed by atoms with Gasteiger partial charge in [0.15, 0.2) is 0 Å². The molecule has 2 rings (SSSR count). The molecule has 3 nitrogen and oxygen atoms in total. The maximum absolute atomic E-state index is 11.7. The average molecular weight is 228 g/mol. The third-order valence-corrected chi connectivity index (χ3v) is 3.00. The van der Waals surface area contributed by atoms with Crippen molar-refractivity contribution in [1.29, 1.82) is 0 Å². The number of carbonyl (C=O) groups is 1. The number of rotatable bonds is 2. The molecule has 1 aliphatic rings. The Morgan fingerprint density at radius 3 is 2.47 bits per heavy atom. The van der Waals surface area contributed by atoms with Crippen LogP contribution >= 0.6 is 0 Å². The van der Waals surface area contributed by atoms with Crippen molar-refractivity contribution in [2.24, 2.45) is 0 Å². The molecular formula is C14H16N2O. The molecule has 3 heteroatoms. The lowest BCUT2D eigenvalue weighted by Gasteiger charge is -2.12. The monoisotopic (exact) mass is 228 g/mol. The molecule has 88 valence electrons. The Hall–Kier alpha value is -1.95. The van der Waals surface area contributed by atoms with Crippen LogP contribution in [0.2, 0.25) is 0 Å². The first-order chi connectivity index (χ1) is 8.28. The molecule has 0 aliphatic heterocycles. The molecular weight excluding hydrogens is 212 g/mol. The van der Waals surface area contributed by atoms with Crippen molar-refractivity contribution in [1.82, 2.24) is 5.32 Å². The lowest BCUT2D eigenvalue weighted by atomic mass is 10.2. The van der Waals surface area contributed by atoms with Crippen LogP contribution in [0.5, 0.6) is 0 Å². The number of carbonyl (C=O) groups excluding carboxylic acids is 1. The second-order valence-corrected chi connectivity index (χ2v) is 4.30. The van der Waals surface area contributed by atoms with E-state index >= 15 is 0 Å². The highest BCUT2D eigenvalue weighted by molar-refractivity contribution is 5.89. The Labute approximate surface area is 102 Å². The van der Waals surface area contributed by atoms with Gasteiger partial charge in [-0.05, 0) is 37.1 Å². The minimum atomic E-state index is -0.134. The van der Waals surface area contributed by atoms with Gasteiger partial charge < -0.3 is 10.6 Å². The molecule has 1 aromatic carbocycles. The van der Waals surface area contributed by atoms with Crippen LogP contribution in [0.15, 0.2) is 24.3 Å². The lowest BCUT2D eigenvalue weighted by molar-refractivity contribution is 0.248. The molecule has 1 aliphatic carbocycles. The van der Waals surface area contributed by atoms with Gasteiger partial charge in [0.2, 0.25) is 0 Å². The zero-order chi connectivity index (χ0) is 12.1. The fourth-order valence-corrected chi connectivity index (χ4v) is 2.07. The number of benzene rings is 1. The molecule has 0 atom stereocenters. The summed E-state index contributed by atoms with van der Waals surface area (Å²) in [6.07, 6.45) is 9.85. The largest absolute Gasteiger partial charge is 0.335 e. The zero-order valence-electron chi connectivity index (χ0n) is 9.70. The molecule has 2 N–H and O–H groups in total. The van der Waals surface area contributed by atoms with E-state index in [1.165, 1.54) is 12.8 Å². The van der Waals surface area contributed by atoms with Gasteiger partial charge in [-0.2, -0.15) is 0 Å². The van der Waals surface area contributed by atoms with Gasteiger partial charge in [0.05, 0.1) is 0 Å². The Morgan fingerprint density at radius 2 is 1.88 bits per heavy atom.